The van der Waals surface area contributed by atoms with Crippen molar-refractivity contribution in [2.24, 2.45) is 17.8 Å². The number of benzene rings is 2. The molecule has 2 heterocycles. The van der Waals surface area contributed by atoms with Gasteiger partial charge in [-0.2, -0.15) is 0 Å². The van der Waals surface area contributed by atoms with E-state index in [1.54, 1.807) is 0 Å². The van der Waals surface area contributed by atoms with E-state index in [9.17, 15) is 4.79 Å². The first-order chi connectivity index (χ1) is 17.2. The average Bonchev–Trinajstić information content (AvgIpc) is 3.81. The highest BCUT2D eigenvalue weighted by atomic mass is 16.1. The molecule has 3 aromatic rings. The first-order valence-electron chi connectivity index (χ1n) is 12.9. The molecule has 180 valence electrons. The number of nitrogens with one attached hydrogen (secondary N) is 1. The zero-order chi connectivity index (χ0) is 23.6. The fourth-order valence-electron chi connectivity index (χ4n) is 5.63. The Balaban J connectivity index is 1.07. The van der Waals surface area contributed by atoms with Crippen molar-refractivity contribution in [3.63, 3.8) is 0 Å². The smallest absolute Gasteiger partial charge is 0.271 e. The molecule has 1 aromatic heterocycles. The van der Waals surface area contributed by atoms with Gasteiger partial charge in [-0.05, 0) is 47.4 Å². The van der Waals surface area contributed by atoms with Gasteiger partial charge < -0.3 is 10.2 Å². The van der Waals surface area contributed by atoms with Crippen LogP contribution < -0.4 is 10.2 Å². The number of aromatic nitrogens is 2. The van der Waals surface area contributed by atoms with Crippen LogP contribution in [0.3, 0.4) is 0 Å². The van der Waals surface area contributed by atoms with Crippen molar-refractivity contribution in [1.82, 2.24) is 20.4 Å². The van der Waals surface area contributed by atoms with Gasteiger partial charge in [-0.1, -0.05) is 73.5 Å². The molecule has 0 radical (unpaired) electrons. The number of piperidine rings is 1. The van der Waals surface area contributed by atoms with Crippen LogP contribution in [0.2, 0.25) is 0 Å². The van der Waals surface area contributed by atoms with Crippen molar-refractivity contribution in [3.8, 4) is 0 Å². The summed E-state index contributed by atoms with van der Waals surface area (Å²) in [5, 5.41) is 11.6. The standard InChI is InChI=1S/C29H33N5O/c35-29(30-16-15-21-11-12-21)26-13-14-27(32-31-26)33-19-24-25(20-33)28(24)34(17-22-7-3-1-4-8-22)18-23-9-5-2-6-10-23/h1-10,13-14,21,24-25,28H,11-12,15-20H2,(H,30,35). The lowest BCUT2D eigenvalue weighted by molar-refractivity contribution is 0.0946. The molecular formula is C29H33N5O. The highest BCUT2D eigenvalue weighted by Crippen LogP contribution is 2.50. The number of rotatable bonds is 10. The van der Waals surface area contributed by atoms with E-state index in [1.807, 2.05) is 12.1 Å². The number of fused-ring (bicyclic) bond motifs is 1. The van der Waals surface area contributed by atoms with E-state index in [-0.39, 0.29) is 5.91 Å². The maximum atomic E-state index is 12.3. The summed E-state index contributed by atoms with van der Waals surface area (Å²) in [5.74, 6) is 2.87. The summed E-state index contributed by atoms with van der Waals surface area (Å²) in [6.45, 7) is 4.66. The average molecular weight is 468 g/mol. The second kappa shape index (κ2) is 9.78. The molecule has 1 aliphatic heterocycles. The summed E-state index contributed by atoms with van der Waals surface area (Å²) in [5.41, 5.74) is 3.13. The molecule has 2 atom stereocenters. The Labute approximate surface area is 207 Å². The van der Waals surface area contributed by atoms with Crippen molar-refractivity contribution in [2.45, 2.75) is 38.4 Å². The lowest BCUT2D eigenvalue weighted by atomic mass is 10.1. The van der Waals surface area contributed by atoms with Crippen molar-refractivity contribution >= 4 is 11.7 Å². The number of hydrogen-bond acceptors (Lipinski definition) is 5. The van der Waals surface area contributed by atoms with Crippen LogP contribution in [0, 0.1) is 17.8 Å². The third kappa shape index (κ3) is 5.22. The quantitative estimate of drug-likeness (QED) is 0.486. The summed E-state index contributed by atoms with van der Waals surface area (Å²) < 4.78 is 0. The predicted molar refractivity (Wildman–Crippen MR) is 137 cm³/mol. The summed E-state index contributed by atoms with van der Waals surface area (Å²) in [4.78, 5) is 17.3. The van der Waals surface area contributed by atoms with Crippen LogP contribution >= 0.6 is 0 Å². The van der Waals surface area contributed by atoms with E-state index in [1.165, 1.54) is 24.0 Å². The normalized spacial score (nSPS) is 22.8. The summed E-state index contributed by atoms with van der Waals surface area (Å²) >= 11 is 0. The highest BCUT2D eigenvalue weighted by molar-refractivity contribution is 5.92. The fourth-order valence-corrected chi connectivity index (χ4v) is 5.63. The minimum atomic E-state index is -0.119. The SMILES string of the molecule is O=C(NCCC1CC1)c1ccc(N2CC3C(C2)C3N(Cc2ccccc2)Cc2ccccc2)nn1. The number of amides is 1. The van der Waals surface area contributed by atoms with E-state index < -0.39 is 0 Å². The number of anilines is 1. The Bertz CT molecular complexity index is 1080. The molecule has 1 saturated heterocycles. The van der Waals surface area contributed by atoms with Gasteiger partial charge in [0.25, 0.3) is 5.91 Å². The van der Waals surface area contributed by atoms with Crippen LogP contribution in [-0.2, 0) is 13.1 Å². The van der Waals surface area contributed by atoms with Crippen molar-refractivity contribution in [3.05, 3.63) is 89.6 Å². The predicted octanol–water partition coefficient (Wildman–Crippen LogP) is 4.14. The van der Waals surface area contributed by atoms with Gasteiger partial charge in [0, 0.05) is 38.8 Å². The molecule has 6 nitrogen and oxygen atoms in total. The van der Waals surface area contributed by atoms with Crippen LogP contribution in [0.15, 0.2) is 72.8 Å². The van der Waals surface area contributed by atoms with E-state index in [0.29, 0.717) is 23.6 Å². The molecule has 6 rings (SSSR count). The van der Waals surface area contributed by atoms with Crippen molar-refractivity contribution in [1.29, 1.82) is 0 Å². The lowest BCUT2D eigenvalue weighted by Gasteiger charge is -2.28. The number of carbonyl (C=O) groups is 1. The van der Waals surface area contributed by atoms with Gasteiger partial charge in [-0.3, -0.25) is 9.69 Å². The Morgan fingerprint density at radius 2 is 1.49 bits per heavy atom. The number of nitrogens with zero attached hydrogens (tertiary/aromatic N) is 4. The summed E-state index contributed by atoms with van der Waals surface area (Å²) in [6, 6.07) is 25.9. The monoisotopic (exact) mass is 467 g/mol. The lowest BCUT2D eigenvalue weighted by Crippen LogP contribution is -2.35. The molecule has 2 saturated carbocycles. The summed E-state index contributed by atoms with van der Waals surface area (Å²) in [7, 11) is 0. The first kappa shape index (κ1) is 22.2. The second-order valence-electron chi connectivity index (χ2n) is 10.4. The zero-order valence-electron chi connectivity index (χ0n) is 20.1. The molecule has 3 aliphatic rings. The third-order valence-electron chi connectivity index (χ3n) is 7.77. The van der Waals surface area contributed by atoms with E-state index in [4.69, 9.17) is 0 Å². The molecule has 3 fully saturated rings. The van der Waals surface area contributed by atoms with Gasteiger partial charge in [0.1, 0.15) is 0 Å². The zero-order valence-corrected chi connectivity index (χ0v) is 20.1. The first-order valence-corrected chi connectivity index (χ1v) is 12.9. The summed E-state index contributed by atoms with van der Waals surface area (Å²) in [6.07, 6.45) is 3.68. The maximum absolute atomic E-state index is 12.3. The Morgan fingerprint density at radius 1 is 0.857 bits per heavy atom. The molecular weight excluding hydrogens is 434 g/mol. The van der Waals surface area contributed by atoms with Crippen LogP contribution in [0.25, 0.3) is 0 Å². The van der Waals surface area contributed by atoms with E-state index >= 15 is 0 Å². The van der Waals surface area contributed by atoms with Crippen LogP contribution in [0.1, 0.15) is 40.9 Å². The Morgan fingerprint density at radius 3 is 2.03 bits per heavy atom. The molecule has 35 heavy (non-hydrogen) atoms. The topological polar surface area (TPSA) is 61.4 Å². The van der Waals surface area contributed by atoms with E-state index in [0.717, 1.165) is 50.9 Å². The van der Waals surface area contributed by atoms with Gasteiger partial charge in [0.2, 0.25) is 0 Å². The molecule has 6 heteroatoms. The van der Waals surface area contributed by atoms with Crippen molar-refractivity contribution < 1.29 is 4.79 Å². The van der Waals surface area contributed by atoms with Gasteiger partial charge in [0.15, 0.2) is 11.5 Å². The van der Waals surface area contributed by atoms with Gasteiger partial charge in [0.05, 0.1) is 0 Å². The van der Waals surface area contributed by atoms with Crippen LogP contribution in [0.4, 0.5) is 5.82 Å². The van der Waals surface area contributed by atoms with Gasteiger partial charge in [-0.25, -0.2) is 0 Å². The second-order valence-corrected chi connectivity index (χ2v) is 10.4. The Hall–Kier alpha value is -3.25. The molecule has 0 spiro atoms. The number of hydrogen-bond donors (Lipinski definition) is 1. The minimum absolute atomic E-state index is 0.119. The minimum Gasteiger partial charge on any atom is -0.354 e. The maximum Gasteiger partial charge on any atom is 0.271 e. The molecule has 1 N–H and O–H groups in total. The molecule has 2 aromatic carbocycles. The molecule has 2 unspecified atom stereocenters. The van der Waals surface area contributed by atoms with E-state index in [2.05, 4.69) is 86.0 Å². The Kier molecular flexibility index (Phi) is 6.21. The van der Waals surface area contributed by atoms with Gasteiger partial charge in [-0.15, -0.1) is 10.2 Å². The number of carbonyl (C=O) groups excluding carboxylic acids is 1. The third-order valence-corrected chi connectivity index (χ3v) is 7.77. The van der Waals surface area contributed by atoms with Crippen LogP contribution in [-0.4, -0.2) is 46.7 Å². The molecule has 2 aliphatic carbocycles. The van der Waals surface area contributed by atoms with Gasteiger partial charge >= 0.3 is 0 Å². The fraction of sp³-hybridized carbons (Fsp3) is 0.414. The van der Waals surface area contributed by atoms with Crippen molar-refractivity contribution in [2.75, 3.05) is 24.5 Å². The molecule has 0 bridgehead atoms. The molecule has 1 amide bonds. The largest absolute Gasteiger partial charge is 0.354 e. The highest BCUT2D eigenvalue weighted by Gasteiger charge is 2.58. The van der Waals surface area contributed by atoms with Crippen LogP contribution in [0.5, 0.6) is 0 Å².